The van der Waals surface area contributed by atoms with Gasteiger partial charge in [0, 0.05) is 12.7 Å². The molecule has 180 valence electrons. The van der Waals surface area contributed by atoms with Gasteiger partial charge in [0.05, 0.1) is 23.4 Å². The molecule has 4 aromatic rings. The molecular weight excluding hydrogens is 455 g/mol. The smallest absolute Gasteiger partial charge is 0.369 e. The van der Waals surface area contributed by atoms with Crippen LogP contribution in [0.15, 0.2) is 67.1 Å². The third kappa shape index (κ3) is 5.13. The minimum Gasteiger partial charge on any atom is -0.369 e. The Labute approximate surface area is 200 Å². The Morgan fingerprint density at radius 3 is 2.34 bits per heavy atom. The number of benzene rings is 2. The zero-order valence-electron chi connectivity index (χ0n) is 18.8. The summed E-state index contributed by atoms with van der Waals surface area (Å²) in [4.78, 5) is 20.0. The average molecular weight is 480 g/mol. The number of halogens is 3. The number of amides is 1. The highest BCUT2D eigenvalue weighted by Crippen LogP contribution is 2.44. The third-order valence-corrected chi connectivity index (χ3v) is 6.29. The number of anilines is 1. The Balaban J connectivity index is 1.38. The number of carbonyl (C=O) groups is 1. The van der Waals surface area contributed by atoms with Crippen LogP contribution in [0.25, 0.3) is 11.0 Å². The maximum Gasteiger partial charge on any atom is 0.416 e. The molecule has 1 saturated carbocycles. The Morgan fingerprint density at radius 2 is 1.71 bits per heavy atom. The van der Waals surface area contributed by atoms with Crippen LogP contribution in [-0.4, -0.2) is 20.4 Å². The fourth-order valence-electron chi connectivity index (χ4n) is 4.34. The SMILES string of the molecule is NC(=O)Cc1ccc(Cn2ccc3c(NC(c4ccc(C(F)(F)F)cc4)C4CC4)ncnc32)cc1. The maximum absolute atomic E-state index is 13.0. The van der Waals surface area contributed by atoms with Crippen LogP contribution in [0.5, 0.6) is 0 Å². The molecule has 3 N–H and O–H groups in total. The van der Waals surface area contributed by atoms with Crippen LogP contribution in [-0.2, 0) is 23.9 Å². The van der Waals surface area contributed by atoms with Gasteiger partial charge in [-0.2, -0.15) is 13.2 Å². The number of nitrogens with zero attached hydrogens (tertiary/aromatic N) is 3. The van der Waals surface area contributed by atoms with Crippen molar-refractivity contribution in [2.24, 2.45) is 11.7 Å². The second kappa shape index (κ2) is 9.05. The van der Waals surface area contributed by atoms with Crippen LogP contribution in [0.3, 0.4) is 0 Å². The quantitative estimate of drug-likeness (QED) is 0.369. The lowest BCUT2D eigenvalue weighted by Gasteiger charge is -2.20. The molecule has 0 aliphatic heterocycles. The molecule has 1 aliphatic rings. The Hall–Kier alpha value is -3.88. The molecule has 9 heteroatoms. The molecule has 1 atom stereocenters. The van der Waals surface area contributed by atoms with Gasteiger partial charge in [-0.25, -0.2) is 9.97 Å². The van der Waals surface area contributed by atoms with Gasteiger partial charge in [-0.05, 0) is 53.6 Å². The molecule has 0 spiro atoms. The molecule has 0 saturated heterocycles. The first-order valence-corrected chi connectivity index (χ1v) is 11.4. The van der Waals surface area contributed by atoms with Crippen molar-refractivity contribution in [2.45, 2.75) is 38.0 Å². The monoisotopic (exact) mass is 479 g/mol. The van der Waals surface area contributed by atoms with Gasteiger partial charge in [0.2, 0.25) is 5.91 Å². The van der Waals surface area contributed by atoms with Crippen LogP contribution in [0.4, 0.5) is 19.0 Å². The van der Waals surface area contributed by atoms with E-state index in [1.807, 2.05) is 41.1 Å². The predicted molar refractivity (Wildman–Crippen MR) is 127 cm³/mol. The van der Waals surface area contributed by atoms with Crippen molar-refractivity contribution in [3.63, 3.8) is 0 Å². The van der Waals surface area contributed by atoms with E-state index >= 15 is 0 Å². The van der Waals surface area contributed by atoms with Crippen molar-refractivity contribution in [1.29, 1.82) is 0 Å². The van der Waals surface area contributed by atoms with E-state index in [-0.39, 0.29) is 18.4 Å². The number of fused-ring (bicyclic) bond motifs is 1. The number of aromatic nitrogens is 3. The number of hydrogen-bond acceptors (Lipinski definition) is 4. The molecule has 1 fully saturated rings. The predicted octanol–water partition coefficient (Wildman–Crippen LogP) is 5.09. The van der Waals surface area contributed by atoms with E-state index in [2.05, 4.69) is 15.3 Å². The zero-order chi connectivity index (χ0) is 24.6. The zero-order valence-corrected chi connectivity index (χ0v) is 18.8. The summed E-state index contributed by atoms with van der Waals surface area (Å²) in [5.41, 5.74) is 8.08. The lowest BCUT2D eigenvalue weighted by molar-refractivity contribution is -0.137. The summed E-state index contributed by atoms with van der Waals surface area (Å²) >= 11 is 0. The van der Waals surface area contributed by atoms with E-state index in [0.717, 1.165) is 52.7 Å². The van der Waals surface area contributed by atoms with Gasteiger partial charge in [-0.15, -0.1) is 0 Å². The Bertz CT molecular complexity index is 1340. The highest BCUT2D eigenvalue weighted by molar-refractivity contribution is 5.87. The number of primary amides is 1. The second-order valence-corrected chi connectivity index (χ2v) is 8.94. The normalized spacial score (nSPS) is 14.7. The summed E-state index contributed by atoms with van der Waals surface area (Å²) in [6, 6.07) is 14.9. The van der Waals surface area contributed by atoms with Gasteiger partial charge < -0.3 is 15.6 Å². The van der Waals surface area contributed by atoms with E-state index in [4.69, 9.17) is 5.73 Å². The number of hydrogen-bond donors (Lipinski definition) is 2. The fourth-order valence-corrected chi connectivity index (χ4v) is 4.34. The second-order valence-electron chi connectivity index (χ2n) is 8.94. The number of rotatable bonds is 8. The van der Waals surface area contributed by atoms with Gasteiger partial charge in [-0.3, -0.25) is 4.79 Å². The summed E-state index contributed by atoms with van der Waals surface area (Å²) in [6.45, 7) is 0.585. The van der Waals surface area contributed by atoms with Crippen molar-refractivity contribution in [2.75, 3.05) is 5.32 Å². The Morgan fingerprint density at radius 1 is 1.03 bits per heavy atom. The summed E-state index contributed by atoms with van der Waals surface area (Å²) in [5.74, 6) is 0.631. The molecule has 2 aromatic heterocycles. The first kappa shape index (κ1) is 22.9. The minimum atomic E-state index is -4.36. The number of nitrogens with one attached hydrogen (secondary N) is 1. The fraction of sp³-hybridized carbons (Fsp3) is 0.269. The van der Waals surface area contributed by atoms with Crippen LogP contribution in [0.2, 0.25) is 0 Å². The van der Waals surface area contributed by atoms with Crippen molar-refractivity contribution in [1.82, 2.24) is 14.5 Å². The van der Waals surface area contributed by atoms with Gasteiger partial charge >= 0.3 is 6.18 Å². The number of carbonyl (C=O) groups excluding carboxylic acids is 1. The summed E-state index contributed by atoms with van der Waals surface area (Å²) in [7, 11) is 0. The van der Waals surface area contributed by atoms with Gasteiger partial charge in [-0.1, -0.05) is 36.4 Å². The van der Waals surface area contributed by atoms with E-state index in [1.54, 1.807) is 12.1 Å². The van der Waals surface area contributed by atoms with Crippen LogP contribution < -0.4 is 11.1 Å². The van der Waals surface area contributed by atoms with Gasteiger partial charge in [0.15, 0.2) is 0 Å². The van der Waals surface area contributed by atoms with Gasteiger partial charge in [0.25, 0.3) is 0 Å². The lowest BCUT2D eigenvalue weighted by Crippen LogP contribution is -2.15. The van der Waals surface area contributed by atoms with Gasteiger partial charge in [0.1, 0.15) is 17.8 Å². The molecule has 1 aliphatic carbocycles. The van der Waals surface area contributed by atoms with Crippen molar-refractivity contribution in [3.8, 4) is 0 Å². The topological polar surface area (TPSA) is 85.8 Å². The van der Waals surface area contributed by atoms with Crippen LogP contribution >= 0.6 is 0 Å². The molecule has 2 aromatic carbocycles. The number of nitrogens with two attached hydrogens (primary N) is 1. The van der Waals surface area contributed by atoms with Crippen LogP contribution in [0.1, 0.15) is 41.1 Å². The molecule has 0 bridgehead atoms. The highest BCUT2D eigenvalue weighted by Gasteiger charge is 2.34. The average Bonchev–Trinajstić information content (AvgIpc) is 3.58. The lowest BCUT2D eigenvalue weighted by atomic mass is 10.0. The first-order chi connectivity index (χ1) is 16.8. The maximum atomic E-state index is 13.0. The third-order valence-electron chi connectivity index (χ3n) is 6.29. The van der Waals surface area contributed by atoms with Crippen molar-refractivity contribution < 1.29 is 18.0 Å². The molecule has 5 rings (SSSR count). The molecule has 2 heterocycles. The molecule has 35 heavy (non-hydrogen) atoms. The molecular formula is C26H24F3N5O. The highest BCUT2D eigenvalue weighted by atomic mass is 19.4. The largest absolute Gasteiger partial charge is 0.416 e. The summed E-state index contributed by atoms with van der Waals surface area (Å²) in [5, 5.41) is 4.31. The molecule has 0 radical (unpaired) electrons. The standard InChI is InChI=1S/C26H24F3N5O/c27-26(28,29)20-9-7-19(8-10-20)23(18-5-6-18)33-24-21-11-12-34(25(21)32-15-31-24)14-17-3-1-16(2-4-17)13-22(30)35/h1-4,7-12,15,18,23H,5-6,13-14H2,(H2,30,35)(H,31,32,33). The Kier molecular flexibility index (Phi) is 5.92. The van der Waals surface area contributed by atoms with Crippen molar-refractivity contribution >= 4 is 22.8 Å². The minimum absolute atomic E-state index is 0.128. The molecule has 1 unspecified atom stereocenters. The number of alkyl halides is 3. The van der Waals surface area contributed by atoms with Crippen LogP contribution in [0, 0.1) is 5.92 Å². The van der Waals surface area contributed by atoms with E-state index in [9.17, 15) is 18.0 Å². The molecule has 1 amide bonds. The molecule has 6 nitrogen and oxygen atoms in total. The summed E-state index contributed by atoms with van der Waals surface area (Å²) < 4.78 is 41.0. The van der Waals surface area contributed by atoms with E-state index in [1.165, 1.54) is 6.33 Å². The van der Waals surface area contributed by atoms with E-state index < -0.39 is 11.7 Å². The summed E-state index contributed by atoms with van der Waals surface area (Å²) in [6.07, 6.45) is 1.31. The van der Waals surface area contributed by atoms with Crippen molar-refractivity contribution in [3.05, 3.63) is 89.4 Å². The van der Waals surface area contributed by atoms with E-state index in [0.29, 0.717) is 18.3 Å². The first-order valence-electron chi connectivity index (χ1n) is 11.4.